The number of hydrogen-bond donors (Lipinski definition) is 1. The van der Waals surface area contributed by atoms with Gasteiger partial charge in [0.25, 0.3) is 0 Å². The van der Waals surface area contributed by atoms with Crippen LogP contribution in [-0.4, -0.2) is 18.1 Å². The van der Waals surface area contributed by atoms with Crippen molar-refractivity contribution >= 4 is 0 Å². The highest BCUT2D eigenvalue weighted by Crippen LogP contribution is 2.14. The average molecular weight is 236 g/mol. The summed E-state index contributed by atoms with van der Waals surface area (Å²) in [6.45, 7) is 8.16. The van der Waals surface area contributed by atoms with Gasteiger partial charge in [0.15, 0.2) is 0 Å². The van der Waals surface area contributed by atoms with E-state index in [9.17, 15) is 0 Å². The van der Waals surface area contributed by atoms with Gasteiger partial charge in [-0.1, -0.05) is 26.7 Å². The molecule has 17 heavy (non-hydrogen) atoms. The number of rotatable bonds is 8. The van der Waals surface area contributed by atoms with Crippen LogP contribution in [-0.2, 0) is 0 Å². The van der Waals surface area contributed by atoms with E-state index in [-0.39, 0.29) is 0 Å². The second-order valence-corrected chi connectivity index (χ2v) is 4.25. The first-order valence-corrected chi connectivity index (χ1v) is 6.60. The maximum atomic E-state index is 5.62. The molecule has 1 unspecified atom stereocenters. The van der Waals surface area contributed by atoms with Crippen LogP contribution < -0.4 is 10.1 Å². The number of aromatic nitrogens is 1. The minimum atomic E-state index is 0.300. The van der Waals surface area contributed by atoms with Crippen LogP contribution in [0.4, 0.5) is 0 Å². The number of ether oxygens (including phenoxy) is 1. The number of nitrogens with zero attached hydrogens (tertiary/aromatic N) is 1. The molecule has 3 nitrogen and oxygen atoms in total. The predicted octanol–water partition coefficient (Wildman–Crippen LogP) is 3.32. The summed E-state index contributed by atoms with van der Waals surface area (Å²) in [7, 11) is 0. The minimum absolute atomic E-state index is 0.300. The van der Waals surface area contributed by atoms with Gasteiger partial charge in [-0.15, -0.1) is 0 Å². The van der Waals surface area contributed by atoms with Crippen LogP contribution in [0.15, 0.2) is 18.3 Å². The van der Waals surface area contributed by atoms with E-state index in [1.165, 1.54) is 12.8 Å². The highest BCUT2D eigenvalue weighted by atomic mass is 16.5. The quantitative estimate of drug-likeness (QED) is 0.703. The van der Waals surface area contributed by atoms with Crippen LogP contribution in [0, 0.1) is 0 Å². The Bertz CT molecular complexity index is 298. The molecule has 0 spiro atoms. The van der Waals surface area contributed by atoms with Gasteiger partial charge in [-0.05, 0) is 32.0 Å². The molecule has 1 N–H and O–H groups in total. The zero-order chi connectivity index (χ0) is 12.5. The van der Waals surface area contributed by atoms with E-state index in [0.717, 1.165) is 31.0 Å². The lowest BCUT2D eigenvalue weighted by Crippen LogP contribution is -2.18. The van der Waals surface area contributed by atoms with Crippen LogP contribution in [0.5, 0.6) is 5.75 Å². The SMILES string of the molecule is CCCCCOc1ccc(C(C)NCC)nc1. The van der Waals surface area contributed by atoms with Gasteiger partial charge in [0.1, 0.15) is 5.75 Å². The Labute approximate surface area is 105 Å². The zero-order valence-electron chi connectivity index (χ0n) is 11.2. The Hall–Kier alpha value is -1.09. The standard InChI is InChI=1S/C14H24N2O/c1-4-6-7-10-17-13-8-9-14(16-11-13)12(3)15-5-2/h8-9,11-12,15H,4-7,10H2,1-3H3. The minimum Gasteiger partial charge on any atom is -0.492 e. The molecule has 0 amide bonds. The van der Waals surface area contributed by atoms with E-state index in [1.807, 2.05) is 18.3 Å². The first kappa shape index (κ1) is 14.0. The summed E-state index contributed by atoms with van der Waals surface area (Å²) < 4.78 is 5.62. The fraction of sp³-hybridized carbons (Fsp3) is 0.643. The summed E-state index contributed by atoms with van der Waals surface area (Å²) in [5, 5.41) is 3.34. The van der Waals surface area contributed by atoms with Gasteiger partial charge in [-0.2, -0.15) is 0 Å². The Morgan fingerprint density at radius 2 is 2.12 bits per heavy atom. The Morgan fingerprint density at radius 3 is 2.71 bits per heavy atom. The van der Waals surface area contributed by atoms with Crippen molar-refractivity contribution in [3.63, 3.8) is 0 Å². The smallest absolute Gasteiger partial charge is 0.137 e. The molecule has 0 aliphatic rings. The Kier molecular flexibility index (Phi) is 6.63. The van der Waals surface area contributed by atoms with E-state index in [0.29, 0.717) is 6.04 Å². The van der Waals surface area contributed by atoms with Crippen molar-refractivity contribution < 1.29 is 4.74 Å². The van der Waals surface area contributed by atoms with Crippen molar-refractivity contribution in [2.45, 2.75) is 46.1 Å². The molecule has 1 aromatic heterocycles. The number of hydrogen-bond acceptors (Lipinski definition) is 3. The van der Waals surface area contributed by atoms with Crippen LogP contribution in [0.25, 0.3) is 0 Å². The second kappa shape index (κ2) is 8.07. The molecule has 0 bridgehead atoms. The monoisotopic (exact) mass is 236 g/mol. The maximum Gasteiger partial charge on any atom is 0.137 e. The molecule has 0 aliphatic heterocycles. The van der Waals surface area contributed by atoms with Crippen molar-refractivity contribution in [1.82, 2.24) is 10.3 Å². The summed E-state index contributed by atoms with van der Waals surface area (Å²) in [5.41, 5.74) is 1.06. The summed E-state index contributed by atoms with van der Waals surface area (Å²) in [6, 6.07) is 4.33. The van der Waals surface area contributed by atoms with Crippen LogP contribution >= 0.6 is 0 Å². The summed E-state index contributed by atoms with van der Waals surface area (Å²) in [4.78, 5) is 4.41. The summed E-state index contributed by atoms with van der Waals surface area (Å²) in [6.07, 6.45) is 5.38. The third-order valence-electron chi connectivity index (χ3n) is 2.73. The third kappa shape index (κ3) is 5.18. The summed E-state index contributed by atoms with van der Waals surface area (Å²) in [5.74, 6) is 0.869. The molecule has 0 aliphatic carbocycles. The highest BCUT2D eigenvalue weighted by molar-refractivity contribution is 5.21. The van der Waals surface area contributed by atoms with E-state index in [1.54, 1.807) is 0 Å². The molecule has 0 fully saturated rings. The lowest BCUT2D eigenvalue weighted by molar-refractivity contribution is 0.305. The molecule has 1 atom stereocenters. The molecule has 3 heteroatoms. The topological polar surface area (TPSA) is 34.1 Å². The first-order valence-electron chi connectivity index (χ1n) is 6.60. The molecule has 96 valence electrons. The van der Waals surface area contributed by atoms with Crippen molar-refractivity contribution in [3.8, 4) is 5.75 Å². The lowest BCUT2D eigenvalue weighted by atomic mass is 10.2. The third-order valence-corrected chi connectivity index (χ3v) is 2.73. The normalized spacial score (nSPS) is 12.4. The average Bonchev–Trinajstić information content (AvgIpc) is 2.36. The van der Waals surface area contributed by atoms with E-state index in [2.05, 4.69) is 31.1 Å². The van der Waals surface area contributed by atoms with E-state index >= 15 is 0 Å². The van der Waals surface area contributed by atoms with Crippen LogP contribution in [0.1, 0.15) is 51.8 Å². The van der Waals surface area contributed by atoms with Crippen molar-refractivity contribution in [3.05, 3.63) is 24.0 Å². The molecule has 0 radical (unpaired) electrons. The molecular weight excluding hydrogens is 212 g/mol. The lowest BCUT2D eigenvalue weighted by Gasteiger charge is -2.12. The van der Waals surface area contributed by atoms with Crippen molar-refractivity contribution in [2.24, 2.45) is 0 Å². The Balaban J connectivity index is 2.39. The fourth-order valence-electron chi connectivity index (χ4n) is 1.69. The fourth-order valence-corrected chi connectivity index (χ4v) is 1.69. The molecule has 1 heterocycles. The van der Waals surface area contributed by atoms with Crippen molar-refractivity contribution in [2.75, 3.05) is 13.2 Å². The van der Waals surface area contributed by atoms with Gasteiger partial charge in [-0.25, -0.2) is 0 Å². The predicted molar refractivity (Wildman–Crippen MR) is 71.3 cm³/mol. The van der Waals surface area contributed by atoms with Gasteiger partial charge in [-0.3, -0.25) is 4.98 Å². The number of unbranched alkanes of at least 4 members (excludes halogenated alkanes) is 2. The van der Waals surface area contributed by atoms with Gasteiger partial charge in [0.2, 0.25) is 0 Å². The zero-order valence-corrected chi connectivity index (χ0v) is 11.2. The summed E-state index contributed by atoms with van der Waals surface area (Å²) >= 11 is 0. The molecule has 1 rings (SSSR count). The molecule has 0 saturated carbocycles. The number of nitrogens with one attached hydrogen (secondary N) is 1. The highest BCUT2D eigenvalue weighted by Gasteiger charge is 2.04. The molecular formula is C14H24N2O. The Morgan fingerprint density at radius 1 is 1.29 bits per heavy atom. The van der Waals surface area contributed by atoms with Gasteiger partial charge >= 0.3 is 0 Å². The number of pyridine rings is 1. The van der Waals surface area contributed by atoms with Gasteiger partial charge in [0, 0.05) is 6.04 Å². The molecule has 0 aromatic carbocycles. The van der Waals surface area contributed by atoms with Crippen LogP contribution in [0.3, 0.4) is 0 Å². The van der Waals surface area contributed by atoms with E-state index < -0.39 is 0 Å². The van der Waals surface area contributed by atoms with Gasteiger partial charge < -0.3 is 10.1 Å². The molecule has 0 saturated heterocycles. The maximum absolute atomic E-state index is 5.62. The molecule has 1 aromatic rings. The van der Waals surface area contributed by atoms with Gasteiger partial charge in [0.05, 0.1) is 18.5 Å². The second-order valence-electron chi connectivity index (χ2n) is 4.25. The van der Waals surface area contributed by atoms with Crippen molar-refractivity contribution in [1.29, 1.82) is 0 Å². The first-order chi connectivity index (χ1) is 8.27. The van der Waals surface area contributed by atoms with Crippen LogP contribution in [0.2, 0.25) is 0 Å². The van der Waals surface area contributed by atoms with E-state index in [4.69, 9.17) is 4.74 Å². The largest absolute Gasteiger partial charge is 0.492 e.